The molecule has 1 atom stereocenters. The first kappa shape index (κ1) is 32.9. The summed E-state index contributed by atoms with van der Waals surface area (Å²) in [5, 5.41) is 3.56. The predicted molar refractivity (Wildman–Crippen MR) is 174 cm³/mol. The summed E-state index contributed by atoms with van der Waals surface area (Å²) in [4.78, 5) is 29.0. The largest absolute Gasteiger partial charge is 0.494 e. The second-order valence-corrected chi connectivity index (χ2v) is 12.6. The van der Waals surface area contributed by atoms with Crippen LogP contribution in [-0.4, -0.2) is 51.4 Å². The molecule has 11 heteroatoms. The van der Waals surface area contributed by atoms with E-state index < -0.39 is 28.5 Å². The minimum atomic E-state index is -4.25. The molecule has 0 aliphatic rings. The number of sulfonamides is 1. The quantitative estimate of drug-likeness (QED) is 0.192. The molecule has 0 saturated heterocycles. The van der Waals surface area contributed by atoms with Gasteiger partial charge in [-0.15, -0.1) is 0 Å². The van der Waals surface area contributed by atoms with Gasteiger partial charge >= 0.3 is 0 Å². The number of likely N-dealkylation sites (N-methyl/N-ethyl adjacent to an activating group) is 1. The van der Waals surface area contributed by atoms with Crippen LogP contribution in [-0.2, 0) is 32.6 Å². The Morgan fingerprint density at radius 2 is 1.41 bits per heavy atom. The second-order valence-electron chi connectivity index (χ2n) is 9.86. The van der Waals surface area contributed by atoms with E-state index in [1.165, 1.54) is 36.2 Å². The molecule has 44 heavy (non-hydrogen) atoms. The smallest absolute Gasteiger partial charge is 0.264 e. The monoisotopic (exact) mass is 653 g/mol. The predicted octanol–water partition coefficient (Wildman–Crippen LogP) is 5.97. The van der Waals surface area contributed by atoms with Crippen LogP contribution in [0, 0.1) is 0 Å². The van der Waals surface area contributed by atoms with Crippen molar-refractivity contribution >= 4 is 50.7 Å². The van der Waals surface area contributed by atoms with Crippen LogP contribution in [0.4, 0.5) is 5.69 Å². The Labute approximate surface area is 268 Å². The van der Waals surface area contributed by atoms with Crippen molar-refractivity contribution < 1.29 is 22.7 Å². The minimum Gasteiger partial charge on any atom is -0.494 e. The summed E-state index contributed by atoms with van der Waals surface area (Å²) in [7, 11) is -2.74. The molecule has 0 aliphatic carbocycles. The van der Waals surface area contributed by atoms with Crippen molar-refractivity contribution in [2.45, 2.75) is 30.8 Å². The second kappa shape index (κ2) is 15.1. The first-order valence-electron chi connectivity index (χ1n) is 13.9. The van der Waals surface area contributed by atoms with Crippen LogP contribution in [0.2, 0.25) is 10.0 Å². The van der Waals surface area contributed by atoms with Crippen molar-refractivity contribution in [1.82, 2.24) is 10.2 Å². The highest BCUT2D eigenvalue weighted by Crippen LogP contribution is 2.28. The van der Waals surface area contributed by atoms with Crippen molar-refractivity contribution in [3.05, 3.63) is 124 Å². The highest BCUT2D eigenvalue weighted by molar-refractivity contribution is 7.92. The molecular formula is C33H33Cl2N3O5S. The van der Waals surface area contributed by atoms with E-state index in [0.717, 1.165) is 15.4 Å². The topological polar surface area (TPSA) is 96.0 Å². The Hall–Kier alpha value is -4.05. The number of carbonyl (C=O) groups excluding carboxylic acids is 2. The van der Waals surface area contributed by atoms with E-state index in [0.29, 0.717) is 22.4 Å². The van der Waals surface area contributed by atoms with Gasteiger partial charge in [-0.3, -0.25) is 13.9 Å². The number of amides is 2. The van der Waals surface area contributed by atoms with E-state index in [2.05, 4.69) is 5.32 Å². The Morgan fingerprint density at radius 3 is 1.98 bits per heavy atom. The normalized spacial score (nSPS) is 11.8. The number of benzene rings is 4. The van der Waals surface area contributed by atoms with Crippen LogP contribution in [0.1, 0.15) is 18.1 Å². The summed E-state index contributed by atoms with van der Waals surface area (Å²) in [6, 6.07) is 27.5. The number of hydrogen-bond donors (Lipinski definition) is 1. The van der Waals surface area contributed by atoms with Crippen molar-refractivity contribution in [1.29, 1.82) is 0 Å². The molecule has 0 spiro atoms. The molecule has 230 valence electrons. The highest BCUT2D eigenvalue weighted by atomic mass is 35.5. The zero-order valence-corrected chi connectivity index (χ0v) is 26.6. The highest BCUT2D eigenvalue weighted by Gasteiger charge is 2.34. The number of nitrogens with zero attached hydrogens (tertiary/aromatic N) is 2. The van der Waals surface area contributed by atoms with Crippen LogP contribution in [0.5, 0.6) is 5.75 Å². The van der Waals surface area contributed by atoms with Gasteiger partial charge in [0.2, 0.25) is 11.8 Å². The van der Waals surface area contributed by atoms with Crippen molar-refractivity contribution in [2.24, 2.45) is 0 Å². The van der Waals surface area contributed by atoms with E-state index in [1.54, 1.807) is 48.5 Å². The first-order chi connectivity index (χ1) is 21.1. The Kier molecular flexibility index (Phi) is 11.3. The van der Waals surface area contributed by atoms with E-state index in [-0.39, 0.29) is 29.5 Å². The maximum Gasteiger partial charge on any atom is 0.264 e. The number of anilines is 1. The molecule has 0 heterocycles. The van der Waals surface area contributed by atoms with Gasteiger partial charge in [-0.1, -0.05) is 65.7 Å². The van der Waals surface area contributed by atoms with Gasteiger partial charge in [0.05, 0.1) is 17.2 Å². The fourth-order valence-electron chi connectivity index (χ4n) is 4.64. The fraction of sp³-hybridized carbons (Fsp3) is 0.212. The minimum absolute atomic E-state index is 0.0407. The summed E-state index contributed by atoms with van der Waals surface area (Å²) in [5.41, 5.74) is 1.81. The summed E-state index contributed by atoms with van der Waals surface area (Å²) in [6.45, 7) is 1.75. The lowest BCUT2D eigenvalue weighted by Crippen LogP contribution is -2.53. The lowest BCUT2D eigenvalue weighted by molar-refractivity contribution is -0.139. The third kappa shape index (κ3) is 8.31. The first-order valence-corrected chi connectivity index (χ1v) is 16.1. The van der Waals surface area contributed by atoms with Gasteiger partial charge in [0, 0.05) is 30.1 Å². The van der Waals surface area contributed by atoms with Crippen molar-refractivity contribution in [2.75, 3.05) is 24.5 Å². The van der Waals surface area contributed by atoms with Gasteiger partial charge in [-0.05, 0) is 78.7 Å². The molecule has 2 amide bonds. The summed E-state index contributed by atoms with van der Waals surface area (Å²) in [6.07, 6.45) is 0.215. The molecule has 4 aromatic rings. The van der Waals surface area contributed by atoms with E-state index in [4.69, 9.17) is 27.9 Å². The zero-order valence-electron chi connectivity index (χ0n) is 24.3. The average molecular weight is 655 g/mol. The number of hydrogen-bond acceptors (Lipinski definition) is 5. The zero-order chi connectivity index (χ0) is 31.7. The summed E-state index contributed by atoms with van der Waals surface area (Å²) < 4.78 is 34.7. The summed E-state index contributed by atoms with van der Waals surface area (Å²) in [5.74, 6) is -0.404. The molecule has 0 bridgehead atoms. The molecule has 8 nitrogen and oxygen atoms in total. The molecule has 4 rings (SSSR count). The molecule has 4 aromatic carbocycles. The van der Waals surface area contributed by atoms with Gasteiger partial charge in [0.25, 0.3) is 10.0 Å². The Bertz CT molecular complexity index is 1650. The Morgan fingerprint density at radius 1 is 0.818 bits per heavy atom. The molecule has 1 N–H and O–H groups in total. The average Bonchev–Trinajstić information content (AvgIpc) is 3.03. The number of halogens is 2. The van der Waals surface area contributed by atoms with E-state index in [9.17, 15) is 18.0 Å². The van der Waals surface area contributed by atoms with Crippen molar-refractivity contribution in [3.63, 3.8) is 0 Å². The lowest BCUT2D eigenvalue weighted by atomic mass is 10.0. The van der Waals surface area contributed by atoms with Crippen molar-refractivity contribution in [3.8, 4) is 5.75 Å². The van der Waals surface area contributed by atoms with Gasteiger partial charge in [-0.25, -0.2) is 8.42 Å². The van der Waals surface area contributed by atoms with E-state index >= 15 is 0 Å². The van der Waals surface area contributed by atoms with Gasteiger partial charge in [0.1, 0.15) is 18.3 Å². The molecule has 0 radical (unpaired) electrons. The molecule has 0 unspecified atom stereocenters. The summed E-state index contributed by atoms with van der Waals surface area (Å²) >= 11 is 12.1. The van der Waals surface area contributed by atoms with Crippen LogP contribution in [0.25, 0.3) is 0 Å². The van der Waals surface area contributed by atoms with Crippen LogP contribution in [0.3, 0.4) is 0 Å². The molecule has 0 aromatic heterocycles. The molecule has 0 fully saturated rings. The number of carbonyl (C=O) groups is 2. The van der Waals surface area contributed by atoms with Gasteiger partial charge in [0.15, 0.2) is 0 Å². The number of rotatable bonds is 13. The molecule has 0 aliphatic heterocycles. The van der Waals surface area contributed by atoms with Gasteiger partial charge < -0.3 is 15.0 Å². The molecule has 0 saturated carbocycles. The van der Waals surface area contributed by atoms with Crippen LogP contribution < -0.4 is 14.4 Å². The molecular weight excluding hydrogens is 621 g/mol. The SMILES string of the molecule is CCOc1ccc(N(CC(=O)N(Cc2ccc(Cl)cc2)[C@H](Cc2ccccc2)C(=O)NC)S(=O)(=O)c2ccc(Cl)cc2)cc1. The lowest BCUT2D eigenvalue weighted by Gasteiger charge is -2.33. The van der Waals surface area contributed by atoms with Gasteiger partial charge in [-0.2, -0.15) is 0 Å². The standard InChI is InChI=1S/C33H33Cl2N3O5S/c1-3-43-29-17-15-28(16-18-29)38(44(41,42)30-19-13-27(35)14-20-30)23-32(39)37(22-25-9-11-26(34)12-10-25)31(33(40)36-2)21-24-7-5-4-6-8-24/h4-20,31H,3,21-23H2,1-2H3,(H,36,40)/t31-/m1/s1. The Balaban J connectivity index is 1.78. The number of nitrogens with one attached hydrogen (secondary N) is 1. The van der Waals surface area contributed by atoms with E-state index in [1.807, 2.05) is 37.3 Å². The van der Waals surface area contributed by atoms with Crippen LogP contribution in [0.15, 0.2) is 108 Å². The van der Waals surface area contributed by atoms with Crippen LogP contribution >= 0.6 is 23.2 Å². The fourth-order valence-corrected chi connectivity index (χ4v) is 6.31. The number of ether oxygens (including phenoxy) is 1. The maximum atomic E-state index is 14.3. The third-order valence-electron chi connectivity index (χ3n) is 6.90. The maximum absolute atomic E-state index is 14.3. The third-order valence-corrected chi connectivity index (χ3v) is 9.19.